The molecule has 3 rings (SSSR count). The van der Waals surface area contributed by atoms with Crippen LogP contribution in [0, 0.1) is 6.92 Å². The Hall–Kier alpha value is -2.21. The Kier molecular flexibility index (Phi) is 6.26. The van der Waals surface area contributed by atoms with Gasteiger partial charge in [-0.05, 0) is 48.9 Å². The van der Waals surface area contributed by atoms with E-state index in [-0.39, 0.29) is 6.54 Å². The minimum atomic E-state index is -3.62. The lowest BCUT2D eigenvalue weighted by atomic mass is 10.2. The molecular formula is C21H21ClN2O2S. The molecule has 0 aliphatic rings. The fraction of sp³-hybridized carbons (Fsp3) is 0.190. The van der Waals surface area contributed by atoms with E-state index in [0.29, 0.717) is 22.9 Å². The third-order valence-electron chi connectivity index (χ3n) is 4.27. The molecule has 0 atom stereocenters. The van der Waals surface area contributed by atoms with Crippen molar-refractivity contribution in [2.24, 2.45) is 0 Å². The zero-order valence-corrected chi connectivity index (χ0v) is 16.6. The summed E-state index contributed by atoms with van der Waals surface area (Å²) in [4.78, 5) is 4.59. The lowest BCUT2D eigenvalue weighted by Gasteiger charge is -2.22. The second-order valence-corrected chi connectivity index (χ2v) is 8.72. The number of rotatable bonds is 7. The van der Waals surface area contributed by atoms with Crippen molar-refractivity contribution in [3.63, 3.8) is 0 Å². The summed E-state index contributed by atoms with van der Waals surface area (Å²) in [5, 5.41) is 0.625. The van der Waals surface area contributed by atoms with Crippen LogP contribution < -0.4 is 0 Å². The summed E-state index contributed by atoms with van der Waals surface area (Å²) in [6.07, 6.45) is 2.26. The van der Waals surface area contributed by atoms with Gasteiger partial charge in [-0.25, -0.2) is 8.42 Å². The van der Waals surface area contributed by atoms with Gasteiger partial charge in [-0.1, -0.05) is 47.5 Å². The first-order valence-electron chi connectivity index (χ1n) is 8.66. The molecule has 140 valence electrons. The Morgan fingerprint density at radius 3 is 2.30 bits per heavy atom. The largest absolute Gasteiger partial charge is 0.261 e. The van der Waals surface area contributed by atoms with Gasteiger partial charge in [0.15, 0.2) is 0 Å². The lowest BCUT2D eigenvalue weighted by Crippen LogP contribution is -2.32. The van der Waals surface area contributed by atoms with Crippen molar-refractivity contribution in [1.29, 1.82) is 0 Å². The normalized spacial score (nSPS) is 11.7. The van der Waals surface area contributed by atoms with E-state index >= 15 is 0 Å². The maximum Gasteiger partial charge on any atom is 0.243 e. The van der Waals surface area contributed by atoms with Crippen molar-refractivity contribution in [3.05, 3.63) is 94.8 Å². The van der Waals surface area contributed by atoms with Crippen molar-refractivity contribution < 1.29 is 8.42 Å². The van der Waals surface area contributed by atoms with Crippen LogP contribution in [0.4, 0.5) is 0 Å². The minimum absolute atomic E-state index is 0.278. The smallest absolute Gasteiger partial charge is 0.243 e. The molecule has 4 nitrogen and oxygen atoms in total. The summed E-state index contributed by atoms with van der Waals surface area (Å²) in [5.74, 6) is 0. The SMILES string of the molecule is Cc1ccc(S(=O)(=O)N(CCc2ccccn2)Cc2ccc(Cl)cc2)cc1. The van der Waals surface area contributed by atoms with Crippen LogP contribution in [0.2, 0.25) is 5.02 Å². The highest BCUT2D eigenvalue weighted by Gasteiger charge is 2.24. The Morgan fingerprint density at radius 2 is 1.67 bits per heavy atom. The zero-order chi connectivity index (χ0) is 19.3. The van der Waals surface area contributed by atoms with Crippen molar-refractivity contribution in [1.82, 2.24) is 9.29 Å². The second kappa shape index (κ2) is 8.65. The van der Waals surface area contributed by atoms with E-state index in [0.717, 1.165) is 16.8 Å². The number of aryl methyl sites for hydroxylation is 1. The molecule has 6 heteroatoms. The van der Waals surface area contributed by atoms with E-state index in [2.05, 4.69) is 4.98 Å². The Balaban J connectivity index is 1.87. The van der Waals surface area contributed by atoms with Gasteiger partial charge in [0.1, 0.15) is 0 Å². The van der Waals surface area contributed by atoms with Crippen LogP contribution in [0.1, 0.15) is 16.8 Å². The van der Waals surface area contributed by atoms with Gasteiger partial charge < -0.3 is 0 Å². The maximum atomic E-state index is 13.2. The Labute approximate surface area is 165 Å². The number of benzene rings is 2. The van der Waals surface area contributed by atoms with Crippen LogP contribution in [0.5, 0.6) is 0 Å². The summed E-state index contributed by atoms with van der Waals surface area (Å²) in [7, 11) is -3.62. The number of pyridine rings is 1. The van der Waals surface area contributed by atoms with Crippen LogP contribution in [0.15, 0.2) is 77.8 Å². The quantitative estimate of drug-likeness (QED) is 0.587. The number of hydrogen-bond donors (Lipinski definition) is 0. The van der Waals surface area contributed by atoms with Gasteiger partial charge >= 0.3 is 0 Å². The molecule has 0 saturated carbocycles. The van der Waals surface area contributed by atoms with Gasteiger partial charge in [0.05, 0.1) is 4.90 Å². The fourth-order valence-corrected chi connectivity index (χ4v) is 4.28. The standard InChI is InChI=1S/C21H21ClN2O2S/c1-17-5-11-21(12-6-17)27(25,26)24(15-13-20-4-2-3-14-23-20)16-18-7-9-19(22)10-8-18/h2-12,14H,13,15-16H2,1H3. The first-order chi connectivity index (χ1) is 12.9. The molecule has 0 amide bonds. The lowest BCUT2D eigenvalue weighted by molar-refractivity contribution is 0.408. The van der Waals surface area contributed by atoms with E-state index in [1.54, 1.807) is 30.5 Å². The second-order valence-electron chi connectivity index (χ2n) is 6.35. The summed E-state index contributed by atoms with van der Waals surface area (Å²) >= 11 is 5.95. The van der Waals surface area contributed by atoms with E-state index < -0.39 is 10.0 Å². The topological polar surface area (TPSA) is 50.3 Å². The van der Waals surface area contributed by atoms with Gasteiger partial charge in [-0.15, -0.1) is 0 Å². The molecular weight excluding hydrogens is 380 g/mol. The van der Waals surface area contributed by atoms with Crippen LogP contribution in [0.3, 0.4) is 0 Å². The molecule has 0 unspecified atom stereocenters. The molecule has 0 N–H and O–H groups in total. The molecule has 0 aliphatic heterocycles. The summed E-state index contributed by atoms with van der Waals surface area (Å²) < 4.78 is 27.9. The van der Waals surface area contributed by atoms with Crippen LogP contribution in [-0.4, -0.2) is 24.3 Å². The number of nitrogens with zero attached hydrogens (tertiary/aromatic N) is 2. The molecule has 1 aromatic heterocycles. The van der Waals surface area contributed by atoms with Crippen molar-refractivity contribution >= 4 is 21.6 Å². The van der Waals surface area contributed by atoms with Gasteiger partial charge in [0.2, 0.25) is 10.0 Å². The molecule has 27 heavy (non-hydrogen) atoms. The molecule has 2 aromatic carbocycles. The summed E-state index contributed by atoms with van der Waals surface area (Å²) in [5.41, 5.74) is 2.76. The highest BCUT2D eigenvalue weighted by atomic mass is 35.5. The molecule has 1 heterocycles. The Bertz CT molecular complexity index is 973. The predicted octanol–water partition coefficient (Wildman–Crippen LogP) is 4.48. The third-order valence-corrected chi connectivity index (χ3v) is 6.39. The molecule has 0 saturated heterocycles. The molecule has 0 radical (unpaired) electrons. The van der Waals surface area contributed by atoms with E-state index in [9.17, 15) is 8.42 Å². The van der Waals surface area contributed by atoms with Gasteiger partial charge in [0, 0.05) is 36.4 Å². The van der Waals surface area contributed by atoms with Crippen LogP contribution in [0.25, 0.3) is 0 Å². The summed E-state index contributed by atoms with van der Waals surface area (Å²) in [6.45, 7) is 2.55. The van der Waals surface area contributed by atoms with E-state index in [1.165, 1.54) is 4.31 Å². The minimum Gasteiger partial charge on any atom is -0.261 e. The zero-order valence-electron chi connectivity index (χ0n) is 15.0. The number of hydrogen-bond acceptors (Lipinski definition) is 3. The molecule has 0 aliphatic carbocycles. The van der Waals surface area contributed by atoms with E-state index in [4.69, 9.17) is 11.6 Å². The first kappa shape index (κ1) is 19.5. The van der Waals surface area contributed by atoms with Gasteiger partial charge in [-0.2, -0.15) is 4.31 Å². The van der Waals surface area contributed by atoms with Crippen LogP contribution in [-0.2, 0) is 23.0 Å². The van der Waals surface area contributed by atoms with Gasteiger partial charge in [-0.3, -0.25) is 4.98 Å². The predicted molar refractivity (Wildman–Crippen MR) is 108 cm³/mol. The summed E-state index contributed by atoms with van der Waals surface area (Å²) in [6, 6.07) is 19.8. The molecule has 0 fully saturated rings. The van der Waals surface area contributed by atoms with E-state index in [1.807, 2.05) is 49.4 Å². The van der Waals surface area contributed by atoms with Gasteiger partial charge in [0.25, 0.3) is 0 Å². The average Bonchev–Trinajstić information content (AvgIpc) is 2.67. The molecule has 0 bridgehead atoms. The first-order valence-corrected chi connectivity index (χ1v) is 10.5. The van der Waals surface area contributed by atoms with Crippen molar-refractivity contribution in [2.75, 3.05) is 6.54 Å². The monoisotopic (exact) mass is 400 g/mol. The number of aromatic nitrogens is 1. The molecule has 0 spiro atoms. The maximum absolute atomic E-state index is 13.2. The number of halogens is 1. The highest BCUT2D eigenvalue weighted by molar-refractivity contribution is 7.89. The third kappa shape index (κ3) is 5.16. The number of sulfonamides is 1. The molecule has 3 aromatic rings. The van der Waals surface area contributed by atoms with Crippen molar-refractivity contribution in [3.8, 4) is 0 Å². The highest BCUT2D eigenvalue weighted by Crippen LogP contribution is 2.20. The fourth-order valence-electron chi connectivity index (χ4n) is 2.72. The average molecular weight is 401 g/mol. The van der Waals surface area contributed by atoms with Crippen molar-refractivity contribution in [2.45, 2.75) is 24.8 Å². The van der Waals surface area contributed by atoms with Crippen LogP contribution >= 0.6 is 11.6 Å². The Morgan fingerprint density at radius 1 is 0.963 bits per heavy atom.